The minimum Gasteiger partial charge on any atom is -0.479 e. The molecular weight excluding hydrogens is 925 g/mol. The van der Waals surface area contributed by atoms with E-state index in [4.69, 9.17) is 23.7 Å². The molecule has 1 aliphatic rings. The summed E-state index contributed by atoms with van der Waals surface area (Å²) in [5, 5.41) is 31.4. The highest BCUT2D eigenvalue weighted by molar-refractivity contribution is 5.74. The third-order valence-electron chi connectivity index (χ3n) is 12.4. The molecule has 0 bridgehead atoms. The summed E-state index contributed by atoms with van der Waals surface area (Å²) < 4.78 is 28.3. The highest BCUT2D eigenvalue weighted by Gasteiger charge is 2.50. The van der Waals surface area contributed by atoms with Crippen molar-refractivity contribution in [2.75, 3.05) is 13.2 Å². The van der Waals surface area contributed by atoms with Gasteiger partial charge in [-0.2, -0.15) is 0 Å². The van der Waals surface area contributed by atoms with E-state index in [2.05, 4.69) is 93.7 Å². The predicted molar refractivity (Wildman–Crippen MR) is 294 cm³/mol. The van der Waals surface area contributed by atoms with Crippen molar-refractivity contribution < 1.29 is 58.2 Å². The van der Waals surface area contributed by atoms with Crippen LogP contribution >= 0.6 is 0 Å². The fourth-order valence-electron chi connectivity index (χ4n) is 8.06. The maximum absolute atomic E-state index is 13.1. The second kappa shape index (κ2) is 48.8. The summed E-state index contributed by atoms with van der Waals surface area (Å²) in [5.74, 6) is -3.26. The van der Waals surface area contributed by atoms with Crippen LogP contribution in [-0.2, 0) is 42.9 Å². The van der Waals surface area contributed by atoms with Crippen LogP contribution in [0.15, 0.2) is 85.1 Å². The third-order valence-corrected chi connectivity index (χ3v) is 12.4. The molecule has 6 atom stereocenters. The van der Waals surface area contributed by atoms with Crippen molar-refractivity contribution in [2.24, 2.45) is 0 Å². The number of allylic oxidation sites excluding steroid dienone is 14. The molecule has 0 aromatic rings. The minimum atomic E-state index is -1.92. The van der Waals surface area contributed by atoms with Gasteiger partial charge in [-0.05, 0) is 96.3 Å². The number of rotatable bonds is 47. The van der Waals surface area contributed by atoms with Gasteiger partial charge in [-0.25, -0.2) is 4.79 Å². The Morgan fingerprint density at radius 3 is 1.44 bits per heavy atom. The van der Waals surface area contributed by atoms with Gasteiger partial charge in [0.25, 0.3) is 0 Å². The number of carbonyl (C=O) groups is 4. The molecule has 6 unspecified atom stereocenters. The molecule has 73 heavy (non-hydrogen) atoms. The summed E-state index contributed by atoms with van der Waals surface area (Å²) in [6, 6.07) is 0. The molecule has 416 valence electrons. The van der Waals surface area contributed by atoms with Gasteiger partial charge in [0.15, 0.2) is 24.6 Å². The normalized spacial score (nSPS) is 18.9. The quantitative estimate of drug-likeness (QED) is 0.0228. The van der Waals surface area contributed by atoms with Crippen LogP contribution in [-0.4, -0.2) is 89.2 Å². The Kier molecular flexibility index (Phi) is 44.7. The zero-order valence-electron chi connectivity index (χ0n) is 45.6. The SMILES string of the molecule is CC/C=C\C/C=C\C/C=C\C/C=C\CCC(=O)OCC(COC1OC(C(=O)O)C(O)C(O)C1OC(=O)CCCCCCCCC/C=C\CCCCCCCC)OC(=O)CCCCCCC/C=C\C/C=C\CCC. The summed E-state index contributed by atoms with van der Waals surface area (Å²) in [6.07, 6.45) is 50.0. The zero-order chi connectivity index (χ0) is 53.3. The fourth-order valence-corrected chi connectivity index (χ4v) is 8.06. The molecule has 0 radical (unpaired) electrons. The minimum absolute atomic E-state index is 0.0446. The molecule has 0 amide bonds. The molecule has 0 aromatic heterocycles. The van der Waals surface area contributed by atoms with Gasteiger partial charge in [-0.3, -0.25) is 14.4 Å². The number of carboxylic acid groups (broad SMARTS) is 1. The summed E-state index contributed by atoms with van der Waals surface area (Å²) in [7, 11) is 0. The molecule has 12 nitrogen and oxygen atoms in total. The standard InChI is InChI=1S/C61H100O12/c1-4-7-10-13-16-19-22-25-26-27-28-31-34-37-40-43-46-49-55(64)72-59-57(66)56(65)58(60(67)68)73-61(59)70-51-52(71-54(63)48-45-42-39-36-33-30-24-21-18-15-12-9-6-3)50-69-53(62)47-44-41-38-35-32-29-23-20-17-14-11-8-5-2/h8,11-12,15,17,20-21,24-26,29,32,38,41,52,56-59,61,65-66H,4-7,9-10,13-14,16,18-19,22-23,27-28,30-31,33-37,39-40,42-51H2,1-3H3,(H,67,68)/b11-8-,15-12-,20-17-,24-21-,26-25-,32-29-,41-38-. The molecular formula is C61H100O12. The number of ether oxygens (including phenoxy) is 5. The molecule has 1 rings (SSSR count). The topological polar surface area (TPSA) is 175 Å². The largest absolute Gasteiger partial charge is 0.479 e. The van der Waals surface area contributed by atoms with Crippen LogP contribution in [0.25, 0.3) is 0 Å². The summed E-state index contributed by atoms with van der Waals surface area (Å²) in [5.41, 5.74) is 0. The zero-order valence-corrected chi connectivity index (χ0v) is 45.6. The van der Waals surface area contributed by atoms with Gasteiger partial charge in [0, 0.05) is 19.3 Å². The molecule has 1 saturated heterocycles. The summed E-state index contributed by atoms with van der Waals surface area (Å²) in [6.45, 7) is 5.72. The van der Waals surface area contributed by atoms with Crippen molar-refractivity contribution in [3.8, 4) is 0 Å². The Labute approximate surface area is 441 Å². The van der Waals surface area contributed by atoms with Crippen LogP contribution in [0.4, 0.5) is 0 Å². The van der Waals surface area contributed by atoms with E-state index in [0.717, 1.165) is 116 Å². The van der Waals surface area contributed by atoms with Crippen molar-refractivity contribution in [3.05, 3.63) is 85.1 Å². The number of unbranched alkanes of at least 4 members (excludes halogenated alkanes) is 19. The number of aliphatic carboxylic acids is 1. The lowest BCUT2D eigenvalue weighted by Crippen LogP contribution is -2.61. The van der Waals surface area contributed by atoms with E-state index in [-0.39, 0.29) is 25.9 Å². The smallest absolute Gasteiger partial charge is 0.335 e. The van der Waals surface area contributed by atoms with E-state index in [9.17, 15) is 34.5 Å². The molecule has 1 heterocycles. The third kappa shape index (κ3) is 39.0. The van der Waals surface area contributed by atoms with Gasteiger partial charge in [-0.15, -0.1) is 0 Å². The van der Waals surface area contributed by atoms with Crippen molar-refractivity contribution in [1.82, 2.24) is 0 Å². The van der Waals surface area contributed by atoms with Crippen LogP contribution in [0.1, 0.15) is 226 Å². The molecule has 0 aromatic carbocycles. The van der Waals surface area contributed by atoms with Gasteiger partial charge in [0.05, 0.1) is 6.61 Å². The average molecular weight is 1030 g/mol. The molecule has 0 spiro atoms. The Bertz CT molecular complexity index is 1590. The molecule has 0 aliphatic carbocycles. The molecule has 12 heteroatoms. The Morgan fingerprint density at radius 2 is 0.918 bits per heavy atom. The number of hydrogen-bond donors (Lipinski definition) is 3. The lowest BCUT2D eigenvalue weighted by Gasteiger charge is -2.40. The van der Waals surface area contributed by atoms with Crippen LogP contribution in [0.5, 0.6) is 0 Å². The van der Waals surface area contributed by atoms with E-state index < -0.39 is 67.3 Å². The van der Waals surface area contributed by atoms with Crippen molar-refractivity contribution in [2.45, 2.75) is 263 Å². The molecule has 0 saturated carbocycles. The number of aliphatic hydroxyl groups is 2. The van der Waals surface area contributed by atoms with Gasteiger partial charge >= 0.3 is 23.9 Å². The van der Waals surface area contributed by atoms with Crippen LogP contribution in [0.2, 0.25) is 0 Å². The van der Waals surface area contributed by atoms with E-state index >= 15 is 0 Å². The number of hydrogen-bond acceptors (Lipinski definition) is 11. The fraction of sp³-hybridized carbons (Fsp3) is 0.705. The molecule has 3 N–H and O–H groups in total. The average Bonchev–Trinajstić information content (AvgIpc) is 3.37. The monoisotopic (exact) mass is 1020 g/mol. The van der Waals surface area contributed by atoms with Crippen LogP contribution < -0.4 is 0 Å². The summed E-state index contributed by atoms with van der Waals surface area (Å²) in [4.78, 5) is 51.0. The van der Waals surface area contributed by atoms with Gasteiger partial charge < -0.3 is 39.0 Å². The first kappa shape index (κ1) is 66.9. The maximum Gasteiger partial charge on any atom is 0.335 e. The molecule has 1 fully saturated rings. The van der Waals surface area contributed by atoms with Crippen LogP contribution in [0.3, 0.4) is 0 Å². The van der Waals surface area contributed by atoms with Crippen LogP contribution in [0, 0.1) is 0 Å². The lowest BCUT2D eigenvalue weighted by molar-refractivity contribution is -0.301. The highest BCUT2D eigenvalue weighted by Crippen LogP contribution is 2.26. The van der Waals surface area contributed by atoms with Gasteiger partial charge in [-0.1, -0.05) is 196 Å². The molecule has 1 aliphatic heterocycles. The Hall–Kier alpha value is -4.10. The number of aliphatic hydroxyl groups excluding tert-OH is 2. The van der Waals surface area contributed by atoms with Gasteiger partial charge in [0.2, 0.25) is 0 Å². The van der Waals surface area contributed by atoms with E-state index in [0.29, 0.717) is 19.3 Å². The Balaban J connectivity index is 2.74. The second-order valence-electron chi connectivity index (χ2n) is 19.2. The summed E-state index contributed by atoms with van der Waals surface area (Å²) >= 11 is 0. The van der Waals surface area contributed by atoms with E-state index in [1.807, 2.05) is 12.2 Å². The first-order chi connectivity index (χ1) is 35.6. The van der Waals surface area contributed by atoms with E-state index in [1.165, 1.54) is 51.4 Å². The van der Waals surface area contributed by atoms with Crippen molar-refractivity contribution in [3.63, 3.8) is 0 Å². The number of esters is 3. The maximum atomic E-state index is 13.1. The van der Waals surface area contributed by atoms with Crippen molar-refractivity contribution in [1.29, 1.82) is 0 Å². The Morgan fingerprint density at radius 1 is 0.466 bits per heavy atom. The first-order valence-corrected chi connectivity index (χ1v) is 28.6. The highest BCUT2D eigenvalue weighted by atomic mass is 16.7. The second-order valence-corrected chi connectivity index (χ2v) is 19.2. The predicted octanol–water partition coefficient (Wildman–Crippen LogP) is 14.3. The van der Waals surface area contributed by atoms with Gasteiger partial charge in [0.1, 0.15) is 18.8 Å². The lowest BCUT2D eigenvalue weighted by atomic mass is 9.98. The number of carboxylic acids is 1. The van der Waals surface area contributed by atoms with E-state index in [1.54, 1.807) is 0 Å². The first-order valence-electron chi connectivity index (χ1n) is 28.6. The number of carbonyl (C=O) groups excluding carboxylic acids is 3. The van der Waals surface area contributed by atoms with Crippen molar-refractivity contribution >= 4 is 23.9 Å².